The maximum atomic E-state index is 13.6. The van der Waals surface area contributed by atoms with Gasteiger partial charge < -0.3 is 4.74 Å². The average molecular weight is 342 g/mol. The predicted molar refractivity (Wildman–Crippen MR) is 98.8 cm³/mol. The van der Waals surface area contributed by atoms with E-state index in [2.05, 4.69) is 0 Å². The minimum absolute atomic E-state index is 0.178. The molecule has 1 saturated heterocycles. The molecule has 3 nitrogen and oxygen atoms in total. The third-order valence-corrected chi connectivity index (χ3v) is 4.91. The lowest BCUT2D eigenvalue weighted by Crippen LogP contribution is -2.40. The van der Waals surface area contributed by atoms with Crippen LogP contribution in [0.2, 0.25) is 0 Å². The van der Waals surface area contributed by atoms with Gasteiger partial charge in [0.1, 0.15) is 0 Å². The fourth-order valence-corrected chi connectivity index (χ4v) is 3.73. The Hall–Kier alpha value is -3.20. The third kappa shape index (κ3) is 2.62. The summed E-state index contributed by atoms with van der Waals surface area (Å²) in [4.78, 5) is 26.0. The van der Waals surface area contributed by atoms with Crippen LogP contribution >= 0.6 is 0 Å². The van der Waals surface area contributed by atoms with Crippen molar-refractivity contribution in [3.63, 3.8) is 0 Å². The summed E-state index contributed by atoms with van der Waals surface area (Å²) in [7, 11) is 0. The van der Waals surface area contributed by atoms with Crippen LogP contribution in [0.3, 0.4) is 0 Å². The molecular weight excluding hydrogens is 324 g/mol. The van der Waals surface area contributed by atoms with Crippen molar-refractivity contribution in [1.29, 1.82) is 0 Å². The minimum Gasteiger partial charge on any atom is -0.445 e. The molecule has 1 fully saturated rings. The zero-order valence-electron chi connectivity index (χ0n) is 14.2. The number of benzene rings is 3. The Morgan fingerprint density at radius 1 is 0.808 bits per heavy atom. The Morgan fingerprint density at radius 2 is 1.35 bits per heavy atom. The molecule has 3 aromatic carbocycles. The lowest BCUT2D eigenvalue weighted by atomic mass is 9.73. The van der Waals surface area contributed by atoms with Crippen LogP contribution in [0.15, 0.2) is 91.0 Å². The SMILES string of the molecule is O=C1C[C@@H](c2ccccc2)[C@@](C(=O)c2ccccc2)(c2ccccc2)O1. The third-order valence-electron chi connectivity index (χ3n) is 4.91. The zero-order chi connectivity index (χ0) is 18.0. The van der Waals surface area contributed by atoms with Crippen LogP contribution in [0.4, 0.5) is 0 Å². The molecule has 1 heterocycles. The summed E-state index contributed by atoms with van der Waals surface area (Å²) in [6.45, 7) is 0. The van der Waals surface area contributed by atoms with Crippen molar-refractivity contribution in [1.82, 2.24) is 0 Å². The van der Waals surface area contributed by atoms with Gasteiger partial charge in [0.25, 0.3) is 0 Å². The lowest BCUT2D eigenvalue weighted by Gasteiger charge is -2.33. The van der Waals surface area contributed by atoms with Crippen molar-refractivity contribution in [3.8, 4) is 0 Å². The van der Waals surface area contributed by atoms with Gasteiger partial charge in [0.15, 0.2) is 0 Å². The Kier molecular flexibility index (Phi) is 4.13. The molecule has 0 bridgehead atoms. The molecule has 128 valence electrons. The van der Waals surface area contributed by atoms with E-state index in [0.29, 0.717) is 11.1 Å². The monoisotopic (exact) mass is 342 g/mol. The number of hydrogen-bond acceptors (Lipinski definition) is 3. The van der Waals surface area contributed by atoms with E-state index < -0.39 is 5.60 Å². The topological polar surface area (TPSA) is 43.4 Å². The van der Waals surface area contributed by atoms with Gasteiger partial charge in [-0.3, -0.25) is 9.59 Å². The summed E-state index contributed by atoms with van der Waals surface area (Å²) in [5.74, 6) is -0.915. The van der Waals surface area contributed by atoms with Crippen LogP contribution < -0.4 is 0 Å². The maximum absolute atomic E-state index is 13.6. The molecule has 0 saturated carbocycles. The summed E-state index contributed by atoms with van der Waals surface area (Å²) in [5.41, 5.74) is 0.813. The highest BCUT2D eigenvalue weighted by atomic mass is 16.6. The van der Waals surface area contributed by atoms with Crippen LogP contribution in [-0.4, -0.2) is 11.8 Å². The molecular formula is C23H18O3. The highest BCUT2D eigenvalue weighted by molar-refractivity contribution is 6.06. The number of rotatable bonds is 4. The molecule has 0 spiro atoms. The van der Waals surface area contributed by atoms with E-state index in [4.69, 9.17) is 4.74 Å². The van der Waals surface area contributed by atoms with E-state index in [1.54, 1.807) is 12.1 Å². The summed E-state index contributed by atoms with van der Waals surface area (Å²) in [6.07, 6.45) is 0.178. The second-order valence-corrected chi connectivity index (χ2v) is 6.44. The summed E-state index contributed by atoms with van der Waals surface area (Å²) in [5, 5.41) is 0. The van der Waals surface area contributed by atoms with Gasteiger partial charge in [-0.2, -0.15) is 0 Å². The van der Waals surface area contributed by atoms with Crippen LogP contribution in [0.25, 0.3) is 0 Å². The molecule has 2 atom stereocenters. The van der Waals surface area contributed by atoms with Crippen LogP contribution in [0.1, 0.15) is 33.8 Å². The smallest absolute Gasteiger partial charge is 0.307 e. The number of carbonyl (C=O) groups excluding carboxylic acids is 2. The van der Waals surface area contributed by atoms with Crippen LogP contribution in [-0.2, 0) is 15.1 Å². The van der Waals surface area contributed by atoms with Crippen molar-refractivity contribution in [2.75, 3.05) is 0 Å². The first kappa shape index (κ1) is 16.3. The Morgan fingerprint density at radius 3 is 1.96 bits per heavy atom. The standard InChI is InChI=1S/C23H18O3/c24-21-16-20(17-10-4-1-5-11-17)23(26-21,19-14-8-3-9-15-19)22(25)18-12-6-2-7-13-18/h1-15,20H,16H2/t20-,23+/m0/s1. The predicted octanol–water partition coefficient (Wildman–Crippen LogP) is 4.50. The van der Waals surface area contributed by atoms with Crippen molar-refractivity contribution < 1.29 is 14.3 Å². The summed E-state index contributed by atoms with van der Waals surface area (Å²) in [6, 6.07) is 28.0. The molecule has 0 amide bonds. The first-order chi connectivity index (χ1) is 12.7. The van der Waals surface area contributed by atoms with Gasteiger partial charge in [0, 0.05) is 17.0 Å². The van der Waals surface area contributed by atoms with E-state index in [1.807, 2.05) is 78.9 Å². The van der Waals surface area contributed by atoms with Crippen LogP contribution in [0, 0.1) is 0 Å². The number of carbonyl (C=O) groups is 2. The molecule has 0 radical (unpaired) electrons. The highest BCUT2D eigenvalue weighted by Crippen LogP contribution is 2.49. The minimum atomic E-state index is -1.35. The number of esters is 1. The van der Waals surface area contributed by atoms with Crippen molar-refractivity contribution in [3.05, 3.63) is 108 Å². The van der Waals surface area contributed by atoms with Crippen molar-refractivity contribution >= 4 is 11.8 Å². The van der Waals surface area contributed by atoms with E-state index >= 15 is 0 Å². The quantitative estimate of drug-likeness (QED) is 0.518. The average Bonchev–Trinajstić information content (AvgIpc) is 3.08. The lowest BCUT2D eigenvalue weighted by molar-refractivity contribution is -0.146. The van der Waals surface area contributed by atoms with Gasteiger partial charge in [-0.25, -0.2) is 0 Å². The van der Waals surface area contributed by atoms with Crippen molar-refractivity contribution in [2.24, 2.45) is 0 Å². The molecule has 0 aromatic heterocycles. The number of cyclic esters (lactones) is 1. The molecule has 3 heteroatoms. The van der Waals surface area contributed by atoms with Gasteiger partial charge in [0.2, 0.25) is 11.4 Å². The van der Waals surface area contributed by atoms with E-state index in [0.717, 1.165) is 5.56 Å². The second kappa shape index (κ2) is 6.60. The van der Waals surface area contributed by atoms with Crippen LogP contribution in [0.5, 0.6) is 0 Å². The van der Waals surface area contributed by atoms with E-state index in [9.17, 15) is 9.59 Å². The molecule has 26 heavy (non-hydrogen) atoms. The Balaban J connectivity index is 1.93. The Labute approximate surface area is 152 Å². The summed E-state index contributed by atoms with van der Waals surface area (Å²) >= 11 is 0. The first-order valence-electron chi connectivity index (χ1n) is 8.64. The van der Waals surface area contributed by atoms with Crippen molar-refractivity contribution in [2.45, 2.75) is 17.9 Å². The molecule has 0 unspecified atom stereocenters. The molecule has 0 aliphatic carbocycles. The number of ketones is 1. The highest BCUT2D eigenvalue weighted by Gasteiger charge is 2.56. The molecule has 3 aromatic rings. The number of hydrogen-bond donors (Lipinski definition) is 0. The first-order valence-corrected chi connectivity index (χ1v) is 8.64. The summed E-state index contributed by atoms with van der Waals surface area (Å²) < 4.78 is 5.83. The zero-order valence-corrected chi connectivity index (χ0v) is 14.2. The molecule has 1 aliphatic rings. The van der Waals surface area contributed by atoms with Gasteiger partial charge in [0.05, 0.1) is 6.42 Å². The maximum Gasteiger partial charge on any atom is 0.307 e. The van der Waals surface area contributed by atoms with Gasteiger partial charge in [-0.1, -0.05) is 91.0 Å². The fourth-order valence-electron chi connectivity index (χ4n) is 3.73. The fraction of sp³-hybridized carbons (Fsp3) is 0.130. The van der Waals surface area contributed by atoms with E-state index in [1.165, 1.54) is 0 Å². The number of Topliss-reactive ketones (excluding diaryl/α,β-unsaturated/α-hetero) is 1. The molecule has 4 rings (SSSR count). The van der Waals surface area contributed by atoms with Gasteiger partial charge in [-0.05, 0) is 5.56 Å². The Bertz CT molecular complexity index is 919. The molecule has 1 aliphatic heterocycles. The number of ether oxygens (including phenoxy) is 1. The largest absolute Gasteiger partial charge is 0.445 e. The normalized spacial score (nSPS) is 22.0. The van der Waals surface area contributed by atoms with Gasteiger partial charge >= 0.3 is 5.97 Å². The van der Waals surface area contributed by atoms with E-state index in [-0.39, 0.29) is 24.1 Å². The second-order valence-electron chi connectivity index (χ2n) is 6.44. The van der Waals surface area contributed by atoms with Gasteiger partial charge in [-0.15, -0.1) is 0 Å². The molecule has 0 N–H and O–H groups in total.